The molecule has 0 saturated carbocycles. The van der Waals surface area contributed by atoms with Gasteiger partial charge in [0.05, 0.1) is 5.69 Å². The van der Waals surface area contributed by atoms with Crippen LogP contribution in [0.25, 0.3) is 0 Å². The van der Waals surface area contributed by atoms with Crippen molar-refractivity contribution >= 4 is 6.29 Å². The summed E-state index contributed by atoms with van der Waals surface area (Å²) in [5.41, 5.74) is 2.07. The van der Waals surface area contributed by atoms with Crippen molar-refractivity contribution in [2.45, 2.75) is 39.7 Å². The summed E-state index contributed by atoms with van der Waals surface area (Å²) in [6.07, 6.45) is 4.24. The molecule has 1 heterocycles. The number of hydrogen-bond acceptors (Lipinski definition) is 1. The number of carbonyl (C=O) groups excluding carboxylic acids is 1. The molecule has 0 unspecified atom stereocenters. The zero-order chi connectivity index (χ0) is 9.68. The van der Waals surface area contributed by atoms with E-state index in [2.05, 4.69) is 18.4 Å². The monoisotopic (exact) mass is 179 g/mol. The van der Waals surface area contributed by atoms with Crippen LogP contribution in [0.2, 0.25) is 0 Å². The molecule has 1 aromatic rings. The van der Waals surface area contributed by atoms with E-state index in [1.807, 2.05) is 12.1 Å². The lowest BCUT2D eigenvalue weighted by molar-refractivity contribution is 0.111. The van der Waals surface area contributed by atoms with Crippen molar-refractivity contribution in [3.63, 3.8) is 0 Å². The van der Waals surface area contributed by atoms with Crippen molar-refractivity contribution < 1.29 is 4.79 Å². The first kappa shape index (κ1) is 10.0. The third kappa shape index (κ3) is 2.20. The second-order valence-corrected chi connectivity index (χ2v) is 3.23. The molecule has 0 aromatic carbocycles. The number of unbranched alkanes of at least 4 members (excludes halogenated alkanes) is 1. The topological polar surface area (TPSA) is 22.0 Å². The van der Waals surface area contributed by atoms with Crippen LogP contribution in [0, 0.1) is 0 Å². The van der Waals surface area contributed by atoms with Crippen LogP contribution >= 0.6 is 0 Å². The maximum atomic E-state index is 10.7. The zero-order valence-corrected chi connectivity index (χ0v) is 8.42. The molecule has 0 bridgehead atoms. The predicted octanol–water partition coefficient (Wildman–Crippen LogP) is 2.66. The van der Waals surface area contributed by atoms with Crippen molar-refractivity contribution in [2.24, 2.45) is 0 Å². The molecule has 0 amide bonds. The van der Waals surface area contributed by atoms with Gasteiger partial charge in [0.2, 0.25) is 0 Å². The molecule has 0 aliphatic heterocycles. The van der Waals surface area contributed by atoms with Gasteiger partial charge in [-0.05, 0) is 25.0 Å². The summed E-state index contributed by atoms with van der Waals surface area (Å²) in [4.78, 5) is 10.7. The number of nitrogens with zero attached hydrogens (tertiary/aromatic N) is 1. The van der Waals surface area contributed by atoms with Crippen LogP contribution in [0.5, 0.6) is 0 Å². The van der Waals surface area contributed by atoms with Gasteiger partial charge in [-0.2, -0.15) is 0 Å². The van der Waals surface area contributed by atoms with E-state index in [0.29, 0.717) is 0 Å². The van der Waals surface area contributed by atoms with Gasteiger partial charge in [0.1, 0.15) is 0 Å². The second kappa shape index (κ2) is 4.85. The molecule has 0 N–H and O–H groups in total. The van der Waals surface area contributed by atoms with Crippen molar-refractivity contribution in [1.82, 2.24) is 4.57 Å². The minimum atomic E-state index is 0.810. The van der Waals surface area contributed by atoms with E-state index in [-0.39, 0.29) is 0 Å². The Kier molecular flexibility index (Phi) is 3.74. The van der Waals surface area contributed by atoms with E-state index in [4.69, 9.17) is 0 Å². The lowest BCUT2D eigenvalue weighted by atomic mass is 10.3. The van der Waals surface area contributed by atoms with E-state index < -0.39 is 0 Å². The summed E-state index contributed by atoms with van der Waals surface area (Å²) >= 11 is 0. The van der Waals surface area contributed by atoms with Gasteiger partial charge in [0.15, 0.2) is 6.29 Å². The van der Waals surface area contributed by atoms with Crippen LogP contribution < -0.4 is 0 Å². The molecule has 13 heavy (non-hydrogen) atoms. The first-order valence-corrected chi connectivity index (χ1v) is 4.97. The van der Waals surface area contributed by atoms with Gasteiger partial charge in [-0.3, -0.25) is 4.79 Å². The number of hydrogen-bond donors (Lipinski definition) is 0. The second-order valence-electron chi connectivity index (χ2n) is 3.23. The van der Waals surface area contributed by atoms with Gasteiger partial charge in [0.25, 0.3) is 0 Å². The fourth-order valence-corrected chi connectivity index (χ4v) is 1.53. The van der Waals surface area contributed by atoms with Gasteiger partial charge in [0, 0.05) is 12.2 Å². The molecule has 0 spiro atoms. The molecule has 1 aromatic heterocycles. The van der Waals surface area contributed by atoms with E-state index in [0.717, 1.165) is 31.4 Å². The number of aromatic nitrogens is 1. The summed E-state index contributed by atoms with van der Waals surface area (Å²) in [6, 6.07) is 3.95. The lowest BCUT2D eigenvalue weighted by Gasteiger charge is -2.08. The Hall–Kier alpha value is -1.05. The maximum Gasteiger partial charge on any atom is 0.166 e. The fourth-order valence-electron chi connectivity index (χ4n) is 1.53. The molecule has 2 heteroatoms. The fraction of sp³-hybridized carbons (Fsp3) is 0.545. The van der Waals surface area contributed by atoms with Gasteiger partial charge in [-0.15, -0.1) is 0 Å². The number of rotatable bonds is 5. The maximum absolute atomic E-state index is 10.7. The van der Waals surface area contributed by atoms with Crippen LogP contribution in [0.1, 0.15) is 42.9 Å². The Bertz CT molecular complexity index is 276. The van der Waals surface area contributed by atoms with E-state index in [1.165, 1.54) is 12.1 Å². The molecule has 0 aliphatic rings. The molecule has 1 rings (SSSR count). The van der Waals surface area contributed by atoms with Crippen molar-refractivity contribution in [3.05, 3.63) is 23.5 Å². The first-order valence-electron chi connectivity index (χ1n) is 4.97. The summed E-state index contributed by atoms with van der Waals surface area (Å²) < 4.78 is 2.12. The van der Waals surface area contributed by atoms with Gasteiger partial charge < -0.3 is 4.57 Å². The first-order chi connectivity index (χ1) is 6.33. The molecular weight excluding hydrogens is 162 g/mol. The van der Waals surface area contributed by atoms with Crippen LogP contribution in [-0.2, 0) is 13.0 Å². The highest BCUT2D eigenvalue weighted by Crippen LogP contribution is 2.09. The SMILES string of the molecule is CCCCn1c(C=O)ccc1CC. The minimum Gasteiger partial charge on any atom is -0.342 e. The highest BCUT2D eigenvalue weighted by molar-refractivity contribution is 5.72. The third-order valence-electron chi connectivity index (χ3n) is 2.32. The third-order valence-corrected chi connectivity index (χ3v) is 2.32. The lowest BCUT2D eigenvalue weighted by Crippen LogP contribution is -2.05. The number of aldehydes is 1. The van der Waals surface area contributed by atoms with Crippen molar-refractivity contribution in [2.75, 3.05) is 0 Å². The van der Waals surface area contributed by atoms with Crippen molar-refractivity contribution in [1.29, 1.82) is 0 Å². The van der Waals surface area contributed by atoms with Crippen LogP contribution in [-0.4, -0.2) is 10.9 Å². The minimum absolute atomic E-state index is 0.810. The standard InChI is InChI=1S/C11H17NO/c1-3-5-8-12-10(4-2)6-7-11(12)9-13/h6-7,9H,3-5,8H2,1-2H3. The van der Waals surface area contributed by atoms with E-state index in [1.54, 1.807) is 0 Å². The Morgan fingerprint density at radius 2 is 2.15 bits per heavy atom. The van der Waals surface area contributed by atoms with Gasteiger partial charge in [-0.1, -0.05) is 20.3 Å². The molecule has 0 saturated heterocycles. The average Bonchev–Trinajstić information content (AvgIpc) is 2.56. The molecule has 2 nitrogen and oxygen atoms in total. The zero-order valence-electron chi connectivity index (χ0n) is 8.42. The van der Waals surface area contributed by atoms with Crippen LogP contribution in [0.3, 0.4) is 0 Å². The molecule has 0 radical (unpaired) electrons. The summed E-state index contributed by atoms with van der Waals surface area (Å²) in [5.74, 6) is 0. The average molecular weight is 179 g/mol. The Balaban J connectivity index is 2.84. The number of carbonyl (C=O) groups is 1. The summed E-state index contributed by atoms with van der Waals surface area (Å²) in [7, 11) is 0. The smallest absolute Gasteiger partial charge is 0.166 e. The molecular formula is C11H17NO. The Morgan fingerprint density at radius 1 is 1.38 bits per heavy atom. The largest absolute Gasteiger partial charge is 0.342 e. The normalized spacial score (nSPS) is 10.3. The Morgan fingerprint density at radius 3 is 2.69 bits per heavy atom. The Labute approximate surface area is 79.6 Å². The summed E-state index contributed by atoms with van der Waals surface area (Å²) in [5, 5.41) is 0. The highest BCUT2D eigenvalue weighted by atomic mass is 16.1. The molecule has 72 valence electrons. The van der Waals surface area contributed by atoms with E-state index in [9.17, 15) is 4.79 Å². The van der Waals surface area contributed by atoms with Gasteiger partial charge >= 0.3 is 0 Å². The van der Waals surface area contributed by atoms with E-state index >= 15 is 0 Å². The molecule has 0 aliphatic carbocycles. The molecule has 0 atom stereocenters. The van der Waals surface area contributed by atoms with Crippen molar-refractivity contribution in [3.8, 4) is 0 Å². The predicted molar refractivity (Wildman–Crippen MR) is 54.1 cm³/mol. The molecule has 0 fully saturated rings. The van der Waals surface area contributed by atoms with Crippen LogP contribution in [0.4, 0.5) is 0 Å². The quantitative estimate of drug-likeness (QED) is 0.637. The van der Waals surface area contributed by atoms with Gasteiger partial charge in [-0.25, -0.2) is 0 Å². The summed E-state index contributed by atoms with van der Waals surface area (Å²) in [6.45, 7) is 5.25. The highest BCUT2D eigenvalue weighted by Gasteiger charge is 2.04. The van der Waals surface area contributed by atoms with Crippen LogP contribution in [0.15, 0.2) is 12.1 Å². The number of aryl methyl sites for hydroxylation is 1.